The third kappa shape index (κ3) is 3.89. The Labute approximate surface area is 118 Å². The van der Waals surface area contributed by atoms with Crippen LogP contribution in [0.3, 0.4) is 0 Å². The first-order chi connectivity index (χ1) is 9.15. The number of carbonyl (C=O) groups excluding carboxylic acids is 1. The second-order valence-electron chi connectivity index (χ2n) is 3.70. The number of hydrogen-bond acceptors (Lipinski definition) is 3. The summed E-state index contributed by atoms with van der Waals surface area (Å²) in [4.78, 5) is 11.7. The summed E-state index contributed by atoms with van der Waals surface area (Å²) in [5.74, 6) is -0.367. The predicted octanol–water partition coefficient (Wildman–Crippen LogP) is 1.85. The molecular weight excluding hydrogens is 310 g/mol. The molecule has 19 heavy (non-hydrogen) atoms. The maximum Gasteiger partial charge on any atom is 0.271 e. The van der Waals surface area contributed by atoms with Crippen LogP contribution >= 0.6 is 15.9 Å². The van der Waals surface area contributed by atoms with Crippen LogP contribution in [0.5, 0.6) is 0 Å². The van der Waals surface area contributed by atoms with Gasteiger partial charge in [0, 0.05) is 16.6 Å². The SMILES string of the molecule is O=C(NN=Cc1ccc(Br)cc1)c1cc[n+]([O-])cc1. The zero-order valence-electron chi connectivity index (χ0n) is 9.79. The number of carbonyl (C=O) groups is 1. The monoisotopic (exact) mass is 319 g/mol. The van der Waals surface area contributed by atoms with Crippen LogP contribution in [0.15, 0.2) is 58.4 Å². The van der Waals surface area contributed by atoms with E-state index in [2.05, 4.69) is 26.5 Å². The Morgan fingerprint density at radius 2 is 1.84 bits per heavy atom. The molecule has 1 heterocycles. The van der Waals surface area contributed by atoms with Crippen LogP contribution < -0.4 is 10.2 Å². The lowest BCUT2D eigenvalue weighted by molar-refractivity contribution is -0.605. The van der Waals surface area contributed by atoms with Gasteiger partial charge in [-0.1, -0.05) is 28.1 Å². The number of rotatable bonds is 3. The van der Waals surface area contributed by atoms with Crippen molar-refractivity contribution in [1.29, 1.82) is 0 Å². The molecule has 1 aromatic carbocycles. The van der Waals surface area contributed by atoms with E-state index in [4.69, 9.17) is 0 Å². The molecule has 0 spiro atoms. The summed E-state index contributed by atoms with van der Waals surface area (Å²) in [7, 11) is 0. The molecule has 1 N–H and O–H groups in total. The van der Waals surface area contributed by atoms with Crippen molar-refractivity contribution in [2.24, 2.45) is 5.10 Å². The number of amides is 1. The van der Waals surface area contributed by atoms with Gasteiger partial charge >= 0.3 is 0 Å². The van der Waals surface area contributed by atoms with Gasteiger partial charge < -0.3 is 5.21 Å². The molecule has 0 aliphatic rings. The van der Waals surface area contributed by atoms with Crippen LogP contribution in [-0.2, 0) is 0 Å². The minimum absolute atomic E-state index is 0.367. The predicted molar refractivity (Wildman–Crippen MR) is 74.6 cm³/mol. The fourth-order valence-electron chi connectivity index (χ4n) is 1.34. The van der Waals surface area contributed by atoms with E-state index in [1.165, 1.54) is 24.5 Å². The average molecular weight is 320 g/mol. The zero-order chi connectivity index (χ0) is 13.7. The number of pyridine rings is 1. The minimum Gasteiger partial charge on any atom is -0.619 e. The van der Waals surface area contributed by atoms with Crippen LogP contribution in [0, 0.1) is 5.21 Å². The van der Waals surface area contributed by atoms with Gasteiger partial charge in [0.2, 0.25) is 0 Å². The molecule has 0 aliphatic heterocycles. The van der Waals surface area contributed by atoms with Crippen molar-refractivity contribution in [2.75, 3.05) is 0 Å². The van der Waals surface area contributed by atoms with Gasteiger partial charge in [0.15, 0.2) is 12.4 Å². The van der Waals surface area contributed by atoms with E-state index < -0.39 is 0 Å². The van der Waals surface area contributed by atoms with Gasteiger partial charge in [-0.25, -0.2) is 5.43 Å². The molecule has 6 heteroatoms. The molecule has 0 unspecified atom stereocenters. The summed E-state index contributed by atoms with van der Waals surface area (Å²) in [6.45, 7) is 0. The molecule has 0 saturated carbocycles. The average Bonchev–Trinajstić information content (AvgIpc) is 2.41. The van der Waals surface area contributed by atoms with Crippen molar-refractivity contribution < 1.29 is 9.52 Å². The molecule has 1 amide bonds. The molecule has 1 aromatic heterocycles. The molecule has 0 atom stereocenters. The van der Waals surface area contributed by atoms with Crippen molar-refractivity contribution in [3.63, 3.8) is 0 Å². The van der Waals surface area contributed by atoms with E-state index in [1.807, 2.05) is 24.3 Å². The summed E-state index contributed by atoms with van der Waals surface area (Å²) >= 11 is 3.33. The van der Waals surface area contributed by atoms with Crippen molar-refractivity contribution in [1.82, 2.24) is 5.43 Å². The van der Waals surface area contributed by atoms with Gasteiger partial charge in [0.1, 0.15) is 0 Å². The number of aromatic nitrogens is 1. The number of hydrogen-bond donors (Lipinski definition) is 1. The van der Waals surface area contributed by atoms with Gasteiger partial charge in [0.25, 0.3) is 5.91 Å². The first-order valence-electron chi connectivity index (χ1n) is 5.43. The van der Waals surface area contributed by atoms with Gasteiger partial charge in [-0.2, -0.15) is 9.83 Å². The molecule has 5 nitrogen and oxygen atoms in total. The molecule has 0 bridgehead atoms. The molecule has 0 fully saturated rings. The molecule has 2 aromatic rings. The van der Waals surface area contributed by atoms with Crippen LogP contribution in [0.2, 0.25) is 0 Å². The zero-order valence-corrected chi connectivity index (χ0v) is 11.4. The minimum atomic E-state index is -0.367. The third-order valence-electron chi connectivity index (χ3n) is 2.31. The number of nitrogens with zero attached hydrogens (tertiary/aromatic N) is 2. The largest absolute Gasteiger partial charge is 0.619 e. The van der Waals surface area contributed by atoms with E-state index in [9.17, 15) is 10.0 Å². The highest BCUT2D eigenvalue weighted by Crippen LogP contribution is 2.08. The summed E-state index contributed by atoms with van der Waals surface area (Å²) in [5.41, 5.74) is 3.63. The van der Waals surface area contributed by atoms with Crippen LogP contribution in [0.4, 0.5) is 0 Å². The number of nitrogens with one attached hydrogen (secondary N) is 1. The quantitative estimate of drug-likeness (QED) is 0.406. The topological polar surface area (TPSA) is 68.4 Å². The fourth-order valence-corrected chi connectivity index (χ4v) is 1.61. The van der Waals surface area contributed by atoms with Crippen molar-refractivity contribution in [3.05, 3.63) is 69.6 Å². The van der Waals surface area contributed by atoms with E-state index >= 15 is 0 Å². The van der Waals surface area contributed by atoms with E-state index in [-0.39, 0.29) is 5.91 Å². The Morgan fingerprint density at radius 3 is 2.47 bits per heavy atom. The Kier molecular flexibility index (Phi) is 4.25. The van der Waals surface area contributed by atoms with E-state index in [1.54, 1.807) is 6.21 Å². The lowest BCUT2D eigenvalue weighted by Crippen LogP contribution is -2.26. The van der Waals surface area contributed by atoms with Crippen molar-refractivity contribution >= 4 is 28.1 Å². The van der Waals surface area contributed by atoms with E-state index in [0.717, 1.165) is 10.0 Å². The maximum absolute atomic E-state index is 11.7. The maximum atomic E-state index is 11.7. The second kappa shape index (κ2) is 6.10. The normalized spacial score (nSPS) is 10.6. The highest BCUT2D eigenvalue weighted by molar-refractivity contribution is 9.10. The van der Waals surface area contributed by atoms with E-state index in [0.29, 0.717) is 10.3 Å². The van der Waals surface area contributed by atoms with Gasteiger partial charge in [-0.05, 0) is 17.7 Å². The van der Waals surface area contributed by atoms with Gasteiger partial charge in [-0.15, -0.1) is 0 Å². The highest BCUT2D eigenvalue weighted by atomic mass is 79.9. The molecule has 0 saturated heterocycles. The van der Waals surface area contributed by atoms with Crippen LogP contribution in [0.25, 0.3) is 0 Å². The molecule has 0 aliphatic carbocycles. The molecule has 0 radical (unpaired) electrons. The fraction of sp³-hybridized carbons (Fsp3) is 0. The Hall–Kier alpha value is -2.21. The number of benzene rings is 1. The second-order valence-corrected chi connectivity index (χ2v) is 4.61. The Bertz CT molecular complexity index is 594. The number of halogens is 1. The van der Waals surface area contributed by atoms with Crippen LogP contribution in [0.1, 0.15) is 15.9 Å². The summed E-state index contributed by atoms with van der Waals surface area (Å²) in [6, 6.07) is 10.3. The summed E-state index contributed by atoms with van der Waals surface area (Å²) in [5, 5.41) is 14.7. The number of hydrazone groups is 1. The molecule has 2 rings (SSSR count). The van der Waals surface area contributed by atoms with Crippen LogP contribution in [-0.4, -0.2) is 12.1 Å². The first-order valence-corrected chi connectivity index (χ1v) is 6.22. The molecule has 96 valence electrons. The lowest BCUT2D eigenvalue weighted by atomic mass is 10.2. The van der Waals surface area contributed by atoms with Crippen molar-refractivity contribution in [2.45, 2.75) is 0 Å². The Morgan fingerprint density at radius 1 is 1.21 bits per heavy atom. The standard InChI is InChI=1S/C13H10BrN3O2/c14-12-3-1-10(2-4-12)9-15-16-13(18)11-5-7-17(19)8-6-11/h1-9H,(H,16,18). The van der Waals surface area contributed by atoms with Gasteiger partial charge in [0.05, 0.1) is 11.8 Å². The van der Waals surface area contributed by atoms with Crippen molar-refractivity contribution in [3.8, 4) is 0 Å². The summed E-state index contributed by atoms with van der Waals surface area (Å²) < 4.78 is 1.59. The lowest BCUT2D eigenvalue weighted by Gasteiger charge is -1.99. The summed E-state index contributed by atoms with van der Waals surface area (Å²) in [6.07, 6.45) is 4.06. The van der Waals surface area contributed by atoms with Gasteiger partial charge in [-0.3, -0.25) is 4.79 Å². The smallest absolute Gasteiger partial charge is 0.271 e. The first kappa shape index (κ1) is 13.2. The highest BCUT2D eigenvalue weighted by Gasteiger charge is 2.04. The Balaban J connectivity index is 1.96. The third-order valence-corrected chi connectivity index (χ3v) is 2.84. The molecular formula is C13H10BrN3O2.